The number of aromatic nitrogens is 1. The van der Waals surface area contributed by atoms with Crippen LogP contribution in [0.5, 0.6) is 0 Å². The highest BCUT2D eigenvalue weighted by atomic mass is 32.1. The van der Waals surface area contributed by atoms with Gasteiger partial charge in [-0.2, -0.15) is 0 Å². The molecule has 1 amide bonds. The zero-order chi connectivity index (χ0) is 14.7. The van der Waals surface area contributed by atoms with Crippen molar-refractivity contribution in [2.45, 2.75) is 19.4 Å². The third-order valence-electron chi connectivity index (χ3n) is 2.81. The molecule has 0 aliphatic rings. The molecular formula is C13H12F2N2O2S. The smallest absolute Gasteiger partial charge is 0.405 e. The second-order valence-electron chi connectivity index (χ2n) is 4.16. The van der Waals surface area contributed by atoms with Crippen molar-refractivity contribution in [1.82, 2.24) is 10.3 Å². The molecule has 0 spiro atoms. The highest BCUT2D eigenvalue weighted by molar-refractivity contribution is 7.13. The van der Waals surface area contributed by atoms with Gasteiger partial charge in [0, 0.05) is 0 Å². The van der Waals surface area contributed by atoms with Crippen LogP contribution in [0.3, 0.4) is 0 Å². The number of nitrogens with one attached hydrogen (secondary N) is 1. The lowest BCUT2D eigenvalue weighted by atomic mass is 10.0. The monoisotopic (exact) mass is 298 g/mol. The van der Waals surface area contributed by atoms with E-state index in [0.717, 1.165) is 16.9 Å². The zero-order valence-corrected chi connectivity index (χ0v) is 11.3. The summed E-state index contributed by atoms with van der Waals surface area (Å²) in [6, 6.07) is 6.44. The number of carboxylic acid groups (broad SMARTS) is 1. The first-order valence-corrected chi connectivity index (χ1v) is 6.68. The van der Waals surface area contributed by atoms with Crippen LogP contribution in [-0.2, 0) is 0 Å². The average molecular weight is 298 g/mol. The van der Waals surface area contributed by atoms with E-state index in [2.05, 4.69) is 10.3 Å². The van der Waals surface area contributed by atoms with E-state index >= 15 is 0 Å². The summed E-state index contributed by atoms with van der Waals surface area (Å²) in [5.74, 6) is 0. The van der Waals surface area contributed by atoms with Crippen LogP contribution in [0.2, 0.25) is 0 Å². The van der Waals surface area contributed by atoms with Gasteiger partial charge in [0.1, 0.15) is 5.69 Å². The lowest BCUT2D eigenvalue weighted by Crippen LogP contribution is -2.24. The van der Waals surface area contributed by atoms with Crippen molar-refractivity contribution in [2.24, 2.45) is 0 Å². The second kappa shape index (κ2) is 5.96. The van der Waals surface area contributed by atoms with Crippen LogP contribution in [0.4, 0.5) is 13.6 Å². The van der Waals surface area contributed by atoms with Crippen LogP contribution < -0.4 is 5.32 Å². The average Bonchev–Trinajstić information content (AvgIpc) is 2.87. The van der Waals surface area contributed by atoms with E-state index in [-0.39, 0.29) is 11.7 Å². The first-order chi connectivity index (χ1) is 9.49. The summed E-state index contributed by atoms with van der Waals surface area (Å²) in [6.07, 6.45) is -3.72. The zero-order valence-electron chi connectivity index (χ0n) is 10.5. The molecule has 2 aromatic rings. The molecule has 0 aliphatic carbocycles. The highest BCUT2D eigenvalue weighted by Crippen LogP contribution is 2.34. The number of thiazole rings is 1. The summed E-state index contributed by atoms with van der Waals surface area (Å²) in [6.45, 7) is 1.71. The SMILES string of the molecule is CC(NC(=O)O)c1ccc(-c2scnc2C(F)F)cc1. The maximum atomic E-state index is 12.8. The number of amides is 1. The predicted octanol–water partition coefficient (Wildman–Crippen LogP) is 4.08. The normalized spacial score (nSPS) is 12.4. The van der Waals surface area contributed by atoms with Crippen molar-refractivity contribution in [3.63, 3.8) is 0 Å². The van der Waals surface area contributed by atoms with Gasteiger partial charge in [0.2, 0.25) is 0 Å². The summed E-state index contributed by atoms with van der Waals surface area (Å²) in [7, 11) is 0. The molecule has 1 unspecified atom stereocenters. The Morgan fingerprint density at radius 2 is 2.00 bits per heavy atom. The quantitative estimate of drug-likeness (QED) is 0.894. The Labute approximate surface area is 118 Å². The number of hydrogen-bond acceptors (Lipinski definition) is 3. The Morgan fingerprint density at radius 1 is 1.35 bits per heavy atom. The van der Waals surface area contributed by atoms with Gasteiger partial charge in [-0.15, -0.1) is 11.3 Å². The maximum absolute atomic E-state index is 12.8. The van der Waals surface area contributed by atoms with Gasteiger partial charge in [0.05, 0.1) is 16.4 Å². The maximum Gasteiger partial charge on any atom is 0.405 e. The van der Waals surface area contributed by atoms with Crippen molar-refractivity contribution >= 4 is 17.4 Å². The minimum Gasteiger partial charge on any atom is -0.465 e. The van der Waals surface area contributed by atoms with Gasteiger partial charge in [0.25, 0.3) is 6.43 Å². The molecule has 1 aromatic heterocycles. The Kier molecular flexibility index (Phi) is 4.29. The number of carbonyl (C=O) groups is 1. The van der Waals surface area contributed by atoms with Gasteiger partial charge >= 0.3 is 6.09 Å². The van der Waals surface area contributed by atoms with E-state index in [4.69, 9.17) is 5.11 Å². The molecule has 106 valence electrons. The Hall–Kier alpha value is -2.02. The fourth-order valence-electron chi connectivity index (χ4n) is 1.82. The first kappa shape index (κ1) is 14.4. The highest BCUT2D eigenvalue weighted by Gasteiger charge is 2.17. The number of benzene rings is 1. The lowest BCUT2D eigenvalue weighted by molar-refractivity contribution is 0.147. The third kappa shape index (κ3) is 3.11. The van der Waals surface area contributed by atoms with E-state index in [9.17, 15) is 13.6 Å². The van der Waals surface area contributed by atoms with Crippen LogP contribution in [0.25, 0.3) is 10.4 Å². The Balaban J connectivity index is 2.24. The summed E-state index contributed by atoms with van der Waals surface area (Å²) >= 11 is 1.16. The van der Waals surface area contributed by atoms with Gasteiger partial charge in [-0.1, -0.05) is 24.3 Å². The summed E-state index contributed by atoms with van der Waals surface area (Å²) in [5.41, 5.74) is 2.58. The first-order valence-electron chi connectivity index (χ1n) is 5.80. The lowest BCUT2D eigenvalue weighted by Gasteiger charge is -2.12. The molecule has 1 heterocycles. The van der Waals surface area contributed by atoms with Gasteiger partial charge < -0.3 is 10.4 Å². The molecule has 1 aromatic carbocycles. The summed E-state index contributed by atoms with van der Waals surface area (Å²) in [4.78, 5) is 14.7. The predicted molar refractivity (Wildman–Crippen MR) is 72.1 cm³/mol. The van der Waals surface area contributed by atoms with Crippen molar-refractivity contribution in [3.05, 3.63) is 41.0 Å². The van der Waals surface area contributed by atoms with E-state index in [1.807, 2.05) is 0 Å². The molecule has 2 N–H and O–H groups in total. The van der Waals surface area contributed by atoms with E-state index in [1.165, 1.54) is 5.51 Å². The molecule has 1 atom stereocenters. The largest absolute Gasteiger partial charge is 0.465 e. The molecule has 0 bridgehead atoms. The fourth-order valence-corrected chi connectivity index (χ4v) is 2.62. The van der Waals surface area contributed by atoms with Crippen LogP contribution >= 0.6 is 11.3 Å². The van der Waals surface area contributed by atoms with Crippen LogP contribution in [0.15, 0.2) is 29.8 Å². The molecule has 0 aliphatic heterocycles. The number of nitrogens with zero attached hydrogens (tertiary/aromatic N) is 1. The topological polar surface area (TPSA) is 62.2 Å². The van der Waals surface area contributed by atoms with E-state index in [0.29, 0.717) is 10.4 Å². The van der Waals surface area contributed by atoms with Crippen molar-refractivity contribution in [2.75, 3.05) is 0 Å². The van der Waals surface area contributed by atoms with Gasteiger partial charge in [-0.3, -0.25) is 0 Å². The van der Waals surface area contributed by atoms with Crippen molar-refractivity contribution in [1.29, 1.82) is 0 Å². The number of hydrogen-bond donors (Lipinski definition) is 2. The van der Waals surface area contributed by atoms with Gasteiger partial charge in [-0.25, -0.2) is 18.6 Å². The van der Waals surface area contributed by atoms with Crippen molar-refractivity contribution in [3.8, 4) is 10.4 Å². The fraction of sp³-hybridized carbons (Fsp3) is 0.231. The standard InChI is InChI=1S/C13H12F2N2O2S/c1-7(17-13(18)19)8-2-4-9(5-3-8)11-10(12(14)15)16-6-20-11/h2-7,12,17H,1H3,(H,18,19). The molecule has 2 rings (SSSR count). The molecule has 7 heteroatoms. The number of rotatable bonds is 4. The molecule has 0 fully saturated rings. The molecule has 0 saturated carbocycles. The second-order valence-corrected chi connectivity index (χ2v) is 5.02. The molecule has 0 radical (unpaired) electrons. The van der Waals surface area contributed by atoms with Crippen LogP contribution in [0, 0.1) is 0 Å². The third-order valence-corrected chi connectivity index (χ3v) is 3.71. The van der Waals surface area contributed by atoms with Crippen molar-refractivity contribution < 1.29 is 18.7 Å². The number of alkyl halides is 2. The minimum absolute atomic E-state index is 0.223. The van der Waals surface area contributed by atoms with Gasteiger partial charge in [-0.05, 0) is 18.1 Å². The number of halogens is 2. The molecule has 0 saturated heterocycles. The van der Waals surface area contributed by atoms with E-state index in [1.54, 1.807) is 31.2 Å². The van der Waals surface area contributed by atoms with Crippen LogP contribution in [0.1, 0.15) is 30.6 Å². The Bertz CT molecular complexity index is 599. The summed E-state index contributed by atoms with van der Waals surface area (Å²) < 4.78 is 25.5. The minimum atomic E-state index is -2.61. The van der Waals surface area contributed by atoms with Gasteiger partial charge in [0.15, 0.2) is 0 Å². The molecular weight excluding hydrogens is 286 g/mol. The van der Waals surface area contributed by atoms with Crippen LogP contribution in [-0.4, -0.2) is 16.2 Å². The molecule has 20 heavy (non-hydrogen) atoms. The Morgan fingerprint density at radius 3 is 2.55 bits per heavy atom. The molecule has 4 nitrogen and oxygen atoms in total. The summed E-state index contributed by atoms with van der Waals surface area (Å²) in [5, 5.41) is 11.0. The van der Waals surface area contributed by atoms with E-state index < -0.39 is 12.5 Å².